The number of carbonyl (C=O) groups excluding carboxylic acids is 2. The largest absolute Gasteiger partial charge is 0.418 e. The quantitative estimate of drug-likeness (QED) is 0.713. The van der Waals surface area contributed by atoms with E-state index < -0.39 is 28.5 Å². The lowest BCUT2D eigenvalue weighted by Crippen LogP contribution is -2.52. The Morgan fingerprint density at radius 3 is 2.52 bits per heavy atom. The molecule has 0 radical (unpaired) electrons. The van der Waals surface area contributed by atoms with Crippen LogP contribution in [-0.2, 0) is 19.5 Å². The smallest absolute Gasteiger partial charge is 0.352 e. The number of fused-ring (bicyclic) bond motifs is 2. The Morgan fingerprint density at radius 1 is 1.17 bits per heavy atom. The van der Waals surface area contributed by atoms with E-state index in [4.69, 9.17) is 4.55 Å². The van der Waals surface area contributed by atoms with E-state index in [1.165, 1.54) is 11.3 Å². The highest BCUT2D eigenvalue weighted by Gasteiger charge is 2.49. The third-order valence-electron chi connectivity index (χ3n) is 4.75. The molecule has 0 aromatic rings. The van der Waals surface area contributed by atoms with E-state index in [9.17, 15) is 18.0 Å². The summed E-state index contributed by atoms with van der Waals surface area (Å²) in [6.45, 7) is 0.219. The van der Waals surface area contributed by atoms with Crippen LogP contribution in [0.4, 0.5) is 4.79 Å². The van der Waals surface area contributed by atoms with E-state index in [1.54, 1.807) is 0 Å². The maximum atomic E-state index is 12.5. The number of urea groups is 1. The molecule has 0 aromatic heterocycles. The summed E-state index contributed by atoms with van der Waals surface area (Å²) in [4.78, 5) is 26.0. The molecule has 0 aromatic carbocycles. The predicted octanol–water partition coefficient (Wildman–Crippen LogP) is 0.438. The highest BCUT2D eigenvalue weighted by Crippen LogP contribution is 2.31. The molecule has 23 heavy (non-hydrogen) atoms. The monoisotopic (exact) mass is 347 g/mol. The molecule has 2 N–H and O–H groups in total. The topological polar surface area (TPSA) is 116 Å². The molecule has 3 rings (SSSR count). The van der Waals surface area contributed by atoms with E-state index >= 15 is 0 Å². The molecule has 10 heteroatoms. The first-order valence-electron chi connectivity index (χ1n) is 7.92. The second-order valence-corrected chi connectivity index (χ2v) is 7.36. The zero-order valence-electron chi connectivity index (χ0n) is 12.7. The van der Waals surface area contributed by atoms with Crippen molar-refractivity contribution < 1.29 is 26.8 Å². The molecule has 2 saturated heterocycles. The lowest BCUT2D eigenvalue weighted by Gasteiger charge is -2.31. The van der Waals surface area contributed by atoms with Gasteiger partial charge in [0.1, 0.15) is 6.04 Å². The SMILES string of the molecule is O=C(NC1CCCCC1)C1CCC2CN1C(=O)N2OS(=O)(=O)O. The highest BCUT2D eigenvalue weighted by atomic mass is 32.3. The Balaban J connectivity index is 1.64. The van der Waals surface area contributed by atoms with Gasteiger partial charge in [-0.2, -0.15) is 13.5 Å². The summed E-state index contributed by atoms with van der Waals surface area (Å²) in [5, 5.41) is 3.65. The molecule has 9 nitrogen and oxygen atoms in total. The van der Waals surface area contributed by atoms with Crippen LogP contribution in [0.5, 0.6) is 0 Å². The number of hydrogen-bond acceptors (Lipinski definition) is 5. The summed E-state index contributed by atoms with van der Waals surface area (Å²) in [6, 6.07) is -1.63. The van der Waals surface area contributed by atoms with Crippen molar-refractivity contribution >= 4 is 22.3 Å². The Bertz CT molecular complexity index is 589. The molecular formula is C13H21N3O6S. The van der Waals surface area contributed by atoms with Gasteiger partial charge in [-0.15, -0.1) is 4.28 Å². The van der Waals surface area contributed by atoms with Crippen LogP contribution < -0.4 is 5.32 Å². The minimum Gasteiger partial charge on any atom is -0.352 e. The number of amides is 3. The second kappa shape index (κ2) is 6.25. The highest BCUT2D eigenvalue weighted by molar-refractivity contribution is 7.80. The van der Waals surface area contributed by atoms with E-state index in [1.807, 2.05) is 0 Å². The van der Waals surface area contributed by atoms with Gasteiger partial charge in [0.15, 0.2) is 0 Å². The van der Waals surface area contributed by atoms with Crippen molar-refractivity contribution in [1.82, 2.24) is 15.3 Å². The first-order chi connectivity index (χ1) is 10.8. The minimum absolute atomic E-state index is 0.150. The number of piperidine rings is 1. The lowest BCUT2D eigenvalue weighted by molar-refractivity contribution is -0.127. The normalized spacial score (nSPS) is 29.0. The van der Waals surface area contributed by atoms with Gasteiger partial charge < -0.3 is 10.2 Å². The number of nitrogens with zero attached hydrogens (tertiary/aromatic N) is 2. The van der Waals surface area contributed by atoms with Crippen LogP contribution in [-0.4, -0.2) is 59.5 Å². The van der Waals surface area contributed by atoms with Gasteiger partial charge in [-0.1, -0.05) is 19.3 Å². The van der Waals surface area contributed by atoms with E-state index in [2.05, 4.69) is 9.60 Å². The predicted molar refractivity (Wildman–Crippen MR) is 78.4 cm³/mol. The number of hydrogen-bond donors (Lipinski definition) is 2. The van der Waals surface area contributed by atoms with Crippen LogP contribution in [0, 0.1) is 0 Å². The van der Waals surface area contributed by atoms with E-state index in [-0.39, 0.29) is 18.5 Å². The molecule has 2 atom stereocenters. The van der Waals surface area contributed by atoms with Crippen molar-refractivity contribution in [1.29, 1.82) is 0 Å². The summed E-state index contributed by atoms with van der Waals surface area (Å²) in [5.74, 6) is -0.197. The molecular weight excluding hydrogens is 326 g/mol. The van der Waals surface area contributed by atoms with Gasteiger partial charge in [-0.05, 0) is 25.7 Å². The van der Waals surface area contributed by atoms with Crippen LogP contribution in [0.1, 0.15) is 44.9 Å². The second-order valence-electron chi connectivity index (χ2n) is 6.35. The first kappa shape index (κ1) is 16.5. The van der Waals surface area contributed by atoms with Crippen molar-refractivity contribution in [2.75, 3.05) is 6.54 Å². The molecule has 2 heterocycles. The third-order valence-corrected chi connectivity index (χ3v) is 5.10. The van der Waals surface area contributed by atoms with Gasteiger partial charge in [-0.3, -0.25) is 9.35 Å². The van der Waals surface area contributed by atoms with Crippen LogP contribution in [0.25, 0.3) is 0 Å². The Hall–Kier alpha value is -1.39. The zero-order chi connectivity index (χ0) is 16.6. The third kappa shape index (κ3) is 3.59. The van der Waals surface area contributed by atoms with Crippen LogP contribution >= 0.6 is 0 Å². The average molecular weight is 347 g/mol. The lowest BCUT2D eigenvalue weighted by atomic mass is 9.94. The van der Waals surface area contributed by atoms with E-state index in [0.717, 1.165) is 25.7 Å². The summed E-state index contributed by atoms with van der Waals surface area (Å²) in [6.07, 6.45) is 6.16. The van der Waals surface area contributed by atoms with Gasteiger partial charge in [0.05, 0.1) is 6.04 Å². The molecule has 2 unspecified atom stereocenters. The molecule has 1 aliphatic carbocycles. The fourth-order valence-corrected chi connectivity index (χ4v) is 4.04. The Kier molecular flexibility index (Phi) is 4.47. The number of nitrogens with one attached hydrogen (secondary N) is 1. The van der Waals surface area contributed by atoms with E-state index in [0.29, 0.717) is 17.9 Å². The molecule has 130 valence electrons. The molecule has 2 bridgehead atoms. The maximum Gasteiger partial charge on any atom is 0.418 e. The van der Waals surface area contributed by atoms with Crippen molar-refractivity contribution in [3.8, 4) is 0 Å². The summed E-state index contributed by atoms with van der Waals surface area (Å²) < 4.78 is 34.8. The molecule has 0 spiro atoms. The van der Waals surface area contributed by atoms with Crippen molar-refractivity contribution in [2.45, 2.75) is 63.1 Å². The molecule has 3 fully saturated rings. The standard InChI is InChI=1S/C13H21N3O6S/c17-12(14-9-4-2-1-3-5-9)11-7-6-10-8-15(11)13(18)16(10)22-23(19,20)21/h9-11H,1-8H2,(H,14,17)(H,19,20,21). The number of carbonyl (C=O) groups is 2. The van der Waals surface area contributed by atoms with Crippen LogP contribution in [0.3, 0.4) is 0 Å². The molecule has 3 aliphatic rings. The number of hydroxylamine groups is 2. The first-order valence-corrected chi connectivity index (χ1v) is 9.29. The van der Waals surface area contributed by atoms with Crippen molar-refractivity contribution in [3.63, 3.8) is 0 Å². The molecule has 3 amide bonds. The van der Waals surface area contributed by atoms with Crippen molar-refractivity contribution in [2.24, 2.45) is 0 Å². The van der Waals surface area contributed by atoms with Gasteiger partial charge in [0.25, 0.3) is 0 Å². The minimum atomic E-state index is -4.76. The van der Waals surface area contributed by atoms with Gasteiger partial charge in [-0.25, -0.2) is 4.79 Å². The Labute approximate surface area is 134 Å². The fourth-order valence-electron chi connectivity index (χ4n) is 3.65. The van der Waals surface area contributed by atoms with Crippen LogP contribution in [0.15, 0.2) is 0 Å². The van der Waals surface area contributed by atoms with Crippen LogP contribution in [0.2, 0.25) is 0 Å². The van der Waals surface area contributed by atoms with Crippen molar-refractivity contribution in [3.05, 3.63) is 0 Å². The summed E-state index contributed by atoms with van der Waals surface area (Å²) >= 11 is 0. The average Bonchev–Trinajstić information content (AvgIpc) is 2.72. The van der Waals surface area contributed by atoms with Gasteiger partial charge in [0.2, 0.25) is 5.91 Å². The Morgan fingerprint density at radius 2 is 1.87 bits per heavy atom. The molecule has 1 saturated carbocycles. The zero-order valence-corrected chi connectivity index (χ0v) is 13.5. The molecule has 2 aliphatic heterocycles. The number of rotatable bonds is 4. The van der Waals surface area contributed by atoms with Gasteiger partial charge >= 0.3 is 16.4 Å². The fraction of sp³-hybridized carbons (Fsp3) is 0.846. The van der Waals surface area contributed by atoms with Gasteiger partial charge in [0, 0.05) is 12.6 Å². The summed E-state index contributed by atoms with van der Waals surface area (Å²) in [7, 11) is -4.76. The maximum absolute atomic E-state index is 12.5. The summed E-state index contributed by atoms with van der Waals surface area (Å²) in [5.41, 5.74) is 0.